The lowest BCUT2D eigenvalue weighted by Crippen LogP contribution is -2.40. The van der Waals surface area contributed by atoms with E-state index in [1.165, 1.54) is 5.56 Å². The number of hydrogen-bond donors (Lipinski definition) is 1. The maximum Gasteiger partial charge on any atom is 0.241 e. The maximum atomic E-state index is 12.9. The van der Waals surface area contributed by atoms with Crippen LogP contribution in [0.3, 0.4) is 0 Å². The van der Waals surface area contributed by atoms with E-state index in [0.717, 1.165) is 41.8 Å². The highest BCUT2D eigenvalue weighted by atomic mass is 16.5. The zero-order valence-corrected chi connectivity index (χ0v) is 17.8. The second kappa shape index (κ2) is 8.79. The number of rotatable bonds is 5. The van der Waals surface area contributed by atoms with Crippen molar-refractivity contribution in [1.29, 1.82) is 0 Å². The van der Waals surface area contributed by atoms with E-state index in [0.29, 0.717) is 24.8 Å². The molecule has 156 valence electrons. The molecule has 1 aromatic heterocycles. The Bertz CT molecular complexity index is 1040. The van der Waals surface area contributed by atoms with Gasteiger partial charge in [-0.3, -0.25) is 9.69 Å². The third-order valence-electron chi connectivity index (χ3n) is 5.95. The number of carbonyl (C=O) groups is 1. The molecule has 0 spiro atoms. The zero-order chi connectivity index (χ0) is 21.1. The molecule has 1 fully saturated rings. The molecule has 1 aliphatic rings. The summed E-state index contributed by atoms with van der Waals surface area (Å²) in [4.78, 5) is 19.7. The minimum atomic E-state index is -0.0441. The summed E-state index contributed by atoms with van der Waals surface area (Å²) in [5, 5.41) is 7.27. The second-order valence-corrected chi connectivity index (χ2v) is 8.14. The fraction of sp³-hybridized carbons (Fsp3) is 0.375. The Morgan fingerprint density at radius 3 is 2.77 bits per heavy atom. The highest BCUT2D eigenvalue weighted by Crippen LogP contribution is 2.24. The van der Waals surface area contributed by atoms with Gasteiger partial charge in [-0.2, -0.15) is 4.98 Å². The summed E-state index contributed by atoms with van der Waals surface area (Å²) in [5.74, 6) is 1.24. The Balaban J connectivity index is 1.39. The quantitative estimate of drug-likeness (QED) is 0.677. The van der Waals surface area contributed by atoms with E-state index >= 15 is 0 Å². The number of aryl methyl sites for hydroxylation is 2. The number of hydrogen-bond acceptors (Lipinski definition) is 5. The molecule has 1 saturated heterocycles. The Kier molecular flexibility index (Phi) is 5.95. The summed E-state index contributed by atoms with van der Waals surface area (Å²) in [7, 11) is 0. The van der Waals surface area contributed by atoms with Gasteiger partial charge >= 0.3 is 0 Å². The minimum absolute atomic E-state index is 0.0441. The molecule has 30 heavy (non-hydrogen) atoms. The second-order valence-electron chi connectivity index (χ2n) is 8.14. The van der Waals surface area contributed by atoms with Gasteiger partial charge in [-0.1, -0.05) is 41.6 Å². The van der Waals surface area contributed by atoms with E-state index in [2.05, 4.69) is 33.3 Å². The predicted molar refractivity (Wildman–Crippen MR) is 117 cm³/mol. The van der Waals surface area contributed by atoms with E-state index in [1.54, 1.807) is 0 Å². The first-order chi connectivity index (χ1) is 14.5. The number of likely N-dealkylation sites (tertiary alicyclic amines) is 1. The molecule has 1 aliphatic heterocycles. The van der Waals surface area contributed by atoms with E-state index in [4.69, 9.17) is 4.52 Å². The summed E-state index contributed by atoms with van der Waals surface area (Å²) in [6.07, 6.45) is 1.87. The van der Waals surface area contributed by atoms with E-state index in [1.807, 2.05) is 50.2 Å². The molecule has 6 heteroatoms. The number of benzene rings is 2. The van der Waals surface area contributed by atoms with Gasteiger partial charge in [0.05, 0.1) is 12.5 Å². The van der Waals surface area contributed by atoms with Crippen LogP contribution in [0.2, 0.25) is 0 Å². The fourth-order valence-corrected chi connectivity index (χ4v) is 3.98. The van der Waals surface area contributed by atoms with Crippen molar-refractivity contribution in [2.45, 2.75) is 40.2 Å². The molecule has 1 unspecified atom stereocenters. The first-order valence-electron chi connectivity index (χ1n) is 10.5. The number of carbonyl (C=O) groups excluding carboxylic acids is 1. The van der Waals surface area contributed by atoms with Crippen LogP contribution in [0.15, 0.2) is 47.0 Å². The molecule has 4 rings (SSSR count). The van der Waals surface area contributed by atoms with Gasteiger partial charge in [-0.15, -0.1) is 0 Å². The maximum absolute atomic E-state index is 12.9. The Morgan fingerprint density at radius 1 is 1.13 bits per heavy atom. The molecule has 2 aromatic carbocycles. The summed E-state index contributed by atoms with van der Waals surface area (Å²) in [5.41, 5.74) is 5.30. The number of aromatic nitrogens is 2. The van der Waals surface area contributed by atoms with Crippen molar-refractivity contribution in [1.82, 2.24) is 15.0 Å². The van der Waals surface area contributed by atoms with Crippen LogP contribution in [0.1, 0.15) is 35.4 Å². The smallest absolute Gasteiger partial charge is 0.241 e. The third kappa shape index (κ3) is 4.44. The molecule has 0 bridgehead atoms. The van der Waals surface area contributed by atoms with Crippen molar-refractivity contribution >= 4 is 11.6 Å². The highest BCUT2D eigenvalue weighted by Gasteiger charge is 2.27. The van der Waals surface area contributed by atoms with Gasteiger partial charge in [-0.05, 0) is 62.9 Å². The molecule has 3 aromatic rings. The van der Waals surface area contributed by atoms with Gasteiger partial charge in [0.1, 0.15) is 0 Å². The largest absolute Gasteiger partial charge is 0.338 e. The van der Waals surface area contributed by atoms with Crippen molar-refractivity contribution in [3.8, 4) is 11.4 Å². The van der Waals surface area contributed by atoms with Crippen LogP contribution < -0.4 is 5.32 Å². The average Bonchev–Trinajstić information content (AvgIpc) is 3.20. The average molecular weight is 405 g/mol. The monoisotopic (exact) mass is 404 g/mol. The van der Waals surface area contributed by atoms with E-state index in [9.17, 15) is 4.79 Å². The van der Waals surface area contributed by atoms with Crippen LogP contribution in [0.4, 0.5) is 5.69 Å². The van der Waals surface area contributed by atoms with Crippen LogP contribution in [-0.2, 0) is 11.3 Å². The van der Waals surface area contributed by atoms with Crippen LogP contribution in [-0.4, -0.2) is 34.0 Å². The van der Waals surface area contributed by atoms with Gasteiger partial charge in [0.15, 0.2) is 0 Å². The van der Waals surface area contributed by atoms with Gasteiger partial charge in [0, 0.05) is 17.8 Å². The SMILES string of the molecule is Cc1ccccc1-c1noc(CN2CCCC(C(=O)Nc3cccc(C)c3C)C2)n1. The molecule has 0 saturated carbocycles. The Hall–Kier alpha value is -2.99. The first kappa shape index (κ1) is 20.3. The number of anilines is 1. The van der Waals surface area contributed by atoms with Crippen molar-refractivity contribution in [3.05, 3.63) is 65.0 Å². The minimum Gasteiger partial charge on any atom is -0.338 e. The van der Waals surface area contributed by atoms with Crippen LogP contribution in [0, 0.1) is 26.7 Å². The van der Waals surface area contributed by atoms with Gasteiger partial charge in [0.2, 0.25) is 17.6 Å². The van der Waals surface area contributed by atoms with Crippen LogP contribution in [0.5, 0.6) is 0 Å². The third-order valence-corrected chi connectivity index (χ3v) is 5.95. The van der Waals surface area contributed by atoms with Gasteiger partial charge in [-0.25, -0.2) is 0 Å². The van der Waals surface area contributed by atoms with E-state index in [-0.39, 0.29) is 11.8 Å². The number of nitrogens with zero attached hydrogens (tertiary/aromatic N) is 3. The van der Waals surface area contributed by atoms with Crippen molar-refractivity contribution in [2.24, 2.45) is 5.92 Å². The van der Waals surface area contributed by atoms with Gasteiger partial charge < -0.3 is 9.84 Å². The molecule has 1 atom stereocenters. The number of amides is 1. The molecular formula is C24H28N4O2. The molecule has 1 amide bonds. The predicted octanol–water partition coefficient (Wildman–Crippen LogP) is 4.51. The first-order valence-corrected chi connectivity index (χ1v) is 10.5. The van der Waals surface area contributed by atoms with Crippen molar-refractivity contribution < 1.29 is 9.32 Å². The van der Waals surface area contributed by atoms with Crippen molar-refractivity contribution in [3.63, 3.8) is 0 Å². The molecular weight excluding hydrogens is 376 g/mol. The fourth-order valence-electron chi connectivity index (χ4n) is 3.98. The van der Waals surface area contributed by atoms with Crippen LogP contribution in [0.25, 0.3) is 11.4 Å². The summed E-state index contributed by atoms with van der Waals surface area (Å²) < 4.78 is 5.49. The standard InChI is InChI=1S/C24H28N4O2/c1-16-9-6-12-21(18(16)3)25-24(29)19-10-7-13-28(14-19)15-22-26-23(27-30-22)20-11-5-4-8-17(20)2/h4-6,8-9,11-12,19H,7,10,13-15H2,1-3H3,(H,25,29). The normalized spacial score (nSPS) is 17.1. The molecule has 2 heterocycles. The molecule has 0 radical (unpaired) electrons. The number of nitrogens with one attached hydrogen (secondary N) is 1. The Morgan fingerprint density at radius 2 is 1.93 bits per heavy atom. The zero-order valence-electron chi connectivity index (χ0n) is 17.8. The lowest BCUT2D eigenvalue weighted by molar-refractivity contribution is -0.121. The lowest BCUT2D eigenvalue weighted by Gasteiger charge is -2.31. The molecule has 6 nitrogen and oxygen atoms in total. The summed E-state index contributed by atoms with van der Waals surface area (Å²) >= 11 is 0. The van der Waals surface area contributed by atoms with Crippen LogP contribution >= 0.6 is 0 Å². The summed E-state index contributed by atoms with van der Waals surface area (Å²) in [6.45, 7) is 8.32. The van der Waals surface area contributed by atoms with E-state index < -0.39 is 0 Å². The Labute approximate surface area is 177 Å². The van der Waals surface area contributed by atoms with Crippen molar-refractivity contribution in [2.75, 3.05) is 18.4 Å². The van der Waals surface area contributed by atoms with Gasteiger partial charge in [0.25, 0.3) is 0 Å². The molecule has 0 aliphatic carbocycles. The highest BCUT2D eigenvalue weighted by molar-refractivity contribution is 5.93. The molecule has 1 N–H and O–H groups in total. The topological polar surface area (TPSA) is 71.3 Å². The lowest BCUT2D eigenvalue weighted by atomic mass is 9.96. The number of piperidine rings is 1. The summed E-state index contributed by atoms with van der Waals surface area (Å²) in [6, 6.07) is 14.0.